The van der Waals surface area contributed by atoms with E-state index in [1.54, 1.807) is 0 Å². The zero-order valence-corrected chi connectivity index (χ0v) is 10.9. The van der Waals surface area contributed by atoms with Crippen molar-refractivity contribution < 1.29 is 4.74 Å². The van der Waals surface area contributed by atoms with Crippen LogP contribution in [0.5, 0.6) is 0 Å². The summed E-state index contributed by atoms with van der Waals surface area (Å²) >= 11 is 0. The lowest BCUT2D eigenvalue weighted by atomic mass is 10.3. The van der Waals surface area contributed by atoms with Gasteiger partial charge in [-0.2, -0.15) is 0 Å². The van der Waals surface area contributed by atoms with Gasteiger partial charge in [0.1, 0.15) is 0 Å². The Bertz CT molecular complexity index is 501. The number of hydrogen-bond acceptors (Lipinski definition) is 4. The molecule has 2 rings (SSSR count). The molecule has 0 bridgehead atoms. The monoisotopic (exact) mass is 245 g/mol. The van der Waals surface area contributed by atoms with Gasteiger partial charge < -0.3 is 10.1 Å². The van der Waals surface area contributed by atoms with E-state index in [0.717, 1.165) is 29.9 Å². The lowest BCUT2D eigenvalue weighted by molar-refractivity contribution is 0.127. The van der Waals surface area contributed by atoms with Gasteiger partial charge >= 0.3 is 0 Å². The first-order chi connectivity index (χ1) is 8.79. The van der Waals surface area contributed by atoms with Crippen molar-refractivity contribution in [1.82, 2.24) is 15.3 Å². The number of nitrogens with zero attached hydrogens (tertiary/aromatic N) is 2. The minimum Gasteiger partial charge on any atom is -0.380 e. The third kappa shape index (κ3) is 3.48. The molecule has 0 aliphatic carbocycles. The van der Waals surface area contributed by atoms with Crippen molar-refractivity contribution in [2.24, 2.45) is 0 Å². The standard InChI is InChI=1S/C14H19N3O/c1-3-18-10-11(2)15-8-12-9-16-13-6-4-5-7-14(13)17-12/h4-7,9,11,15H,3,8,10H2,1-2H3. The maximum absolute atomic E-state index is 5.36. The van der Waals surface area contributed by atoms with Crippen molar-refractivity contribution in [3.63, 3.8) is 0 Å². The van der Waals surface area contributed by atoms with Crippen LogP contribution in [0.25, 0.3) is 11.0 Å². The first kappa shape index (κ1) is 12.9. The molecule has 4 nitrogen and oxygen atoms in total. The van der Waals surface area contributed by atoms with E-state index >= 15 is 0 Å². The summed E-state index contributed by atoms with van der Waals surface area (Å²) in [5, 5.41) is 3.37. The summed E-state index contributed by atoms with van der Waals surface area (Å²) in [6, 6.07) is 8.22. The molecule has 1 heterocycles. The number of fused-ring (bicyclic) bond motifs is 1. The number of benzene rings is 1. The Balaban J connectivity index is 1.95. The number of nitrogens with one attached hydrogen (secondary N) is 1. The van der Waals surface area contributed by atoms with Crippen LogP contribution in [0.3, 0.4) is 0 Å². The highest BCUT2D eigenvalue weighted by Gasteiger charge is 2.03. The lowest BCUT2D eigenvalue weighted by Gasteiger charge is -2.13. The van der Waals surface area contributed by atoms with E-state index in [4.69, 9.17) is 4.74 Å². The molecule has 0 saturated heterocycles. The van der Waals surface area contributed by atoms with Crippen molar-refractivity contribution in [2.45, 2.75) is 26.4 Å². The molecule has 1 N–H and O–H groups in total. The molecule has 0 aliphatic rings. The molecule has 4 heteroatoms. The minimum absolute atomic E-state index is 0.318. The summed E-state index contributed by atoms with van der Waals surface area (Å²) in [4.78, 5) is 8.95. The van der Waals surface area contributed by atoms with Gasteiger partial charge in [-0.25, -0.2) is 4.98 Å². The predicted molar refractivity (Wildman–Crippen MR) is 72.3 cm³/mol. The third-order valence-corrected chi connectivity index (χ3v) is 2.70. The second-order valence-corrected chi connectivity index (χ2v) is 4.29. The summed E-state index contributed by atoms with van der Waals surface area (Å²) in [5.41, 5.74) is 2.83. The number of para-hydroxylation sites is 2. The summed E-state index contributed by atoms with van der Waals surface area (Å²) in [6.45, 7) is 6.29. The number of hydrogen-bond donors (Lipinski definition) is 1. The molecule has 0 aliphatic heterocycles. The van der Waals surface area contributed by atoms with E-state index < -0.39 is 0 Å². The first-order valence-corrected chi connectivity index (χ1v) is 6.31. The number of rotatable bonds is 6. The first-order valence-electron chi connectivity index (χ1n) is 6.31. The van der Waals surface area contributed by atoms with Crippen LogP contribution in [0.1, 0.15) is 19.5 Å². The van der Waals surface area contributed by atoms with Crippen molar-refractivity contribution in [3.8, 4) is 0 Å². The van der Waals surface area contributed by atoms with Crippen molar-refractivity contribution >= 4 is 11.0 Å². The highest BCUT2D eigenvalue weighted by atomic mass is 16.5. The molecule has 0 spiro atoms. The largest absolute Gasteiger partial charge is 0.380 e. The Morgan fingerprint density at radius 2 is 2.06 bits per heavy atom. The normalized spacial score (nSPS) is 12.8. The Hall–Kier alpha value is -1.52. The van der Waals surface area contributed by atoms with E-state index in [0.29, 0.717) is 12.6 Å². The SMILES string of the molecule is CCOCC(C)NCc1cnc2ccccc2n1. The van der Waals surface area contributed by atoms with Gasteiger partial charge in [0.05, 0.1) is 29.5 Å². The summed E-state index contributed by atoms with van der Waals surface area (Å²) in [6.07, 6.45) is 1.82. The quantitative estimate of drug-likeness (QED) is 0.847. The van der Waals surface area contributed by atoms with Crippen LogP contribution in [0.2, 0.25) is 0 Å². The molecule has 96 valence electrons. The highest BCUT2D eigenvalue weighted by molar-refractivity contribution is 5.73. The zero-order valence-electron chi connectivity index (χ0n) is 10.9. The maximum Gasteiger partial charge on any atom is 0.0890 e. The van der Waals surface area contributed by atoms with E-state index in [-0.39, 0.29) is 0 Å². The molecular formula is C14H19N3O. The van der Waals surface area contributed by atoms with E-state index in [1.807, 2.05) is 37.4 Å². The molecule has 1 atom stereocenters. The van der Waals surface area contributed by atoms with Gasteiger partial charge in [0.25, 0.3) is 0 Å². The van der Waals surface area contributed by atoms with Crippen molar-refractivity contribution in [3.05, 3.63) is 36.2 Å². The summed E-state index contributed by atoms with van der Waals surface area (Å²) < 4.78 is 5.36. The molecule has 1 unspecified atom stereocenters. The van der Waals surface area contributed by atoms with Crippen LogP contribution in [-0.4, -0.2) is 29.2 Å². The molecule has 1 aromatic heterocycles. The zero-order chi connectivity index (χ0) is 12.8. The number of ether oxygens (including phenoxy) is 1. The molecule has 0 radical (unpaired) electrons. The molecule has 0 amide bonds. The van der Waals surface area contributed by atoms with Crippen molar-refractivity contribution in [2.75, 3.05) is 13.2 Å². The average Bonchev–Trinajstić information content (AvgIpc) is 2.42. The van der Waals surface area contributed by atoms with Gasteiger partial charge in [0.2, 0.25) is 0 Å². The molecular weight excluding hydrogens is 226 g/mol. The Morgan fingerprint density at radius 3 is 2.83 bits per heavy atom. The fourth-order valence-electron chi connectivity index (χ4n) is 1.71. The van der Waals surface area contributed by atoms with Crippen molar-refractivity contribution in [1.29, 1.82) is 0 Å². The summed E-state index contributed by atoms with van der Waals surface area (Å²) in [7, 11) is 0. The van der Waals surface area contributed by atoms with E-state index in [2.05, 4.69) is 22.2 Å². The topological polar surface area (TPSA) is 47.0 Å². The molecule has 2 aromatic rings. The van der Waals surface area contributed by atoms with E-state index in [1.165, 1.54) is 0 Å². The third-order valence-electron chi connectivity index (χ3n) is 2.70. The van der Waals surface area contributed by atoms with Gasteiger partial charge in [0.15, 0.2) is 0 Å². The Morgan fingerprint density at radius 1 is 1.28 bits per heavy atom. The molecule has 1 aromatic carbocycles. The van der Waals surface area contributed by atoms with Gasteiger partial charge in [-0.05, 0) is 26.0 Å². The number of aromatic nitrogens is 2. The maximum atomic E-state index is 5.36. The van der Waals surface area contributed by atoms with Crippen LogP contribution < -0.4 is 5.32 Å². The lowest BCUT2D eigenvalue weighted by Crippen LogP contribution is -2.30. The van der Waals surface area contributed by atoms with Gasteiger partial charge in [-0.15, -0.1) is 0 Å². The highest BCUT2D eigenvalue weighted by Crippen LogP contribution is 2.08. The van der Waals surface area contributed by atoms with Crippen LogP contribution in [-0.2, 0) is 11.3 Å². The molecule has 0 fully saturated rings. The van der Waals surface area contributed by atoms with Crippen LogP contribution in [0.4, 0.5) is 0 Å². The fourth-order valence-corrected chi connectivity index (χ4v) is 1.71. The smallest absolute Gasteiger partial charge is 0.0890 e. The van der Waals surface area contributed by atoms with Gasteiger partial charge in [-0.3, -0.25) is 4.98 Å². The van der Waals surface area contributed by atoms with Crippen LogP contribution >= 0.6 is 0 Å². The summed E-state index contributed by atoms with van der Waals surface area (Å²) in [5.74, 6) is 0. The van der Waals surface area contributed by atoms with Gasteiger partial charge in [0, 0.05) is 19.2 Å². The van der Waals surface area contributed by atoms with Gasteiger partial charge in [-0.1, -0.05) is 12.1 Å². The fraction of sp³-hybridized carbons (Fsp3) is 0.429. The predicted octanol–water partition coefficient (Wildman–Crippen LogP) is 2.14. The Kier molecular flexibility index (Phi) is 4.61. The second-order valence-electron chi connectivity index (χ2n) is 4.29. The minimum atomic E-state index is 0.318. The molecule has 0 saturated carbocycles. The average molecular weight is 245 g/mol. The Labute approximate surface area is 107 Å². The van der Waals surface area contributed by atoms with E-state index in [9.17, 15) is 0 Å². The van der Waals surface area contributed by atoms with Crippen LogP contribution in [0.15, 0.2) is 30.5 Å². The second kappa shape index (κ2) is 6.42. The van der Waals surface area contributed by atoms with Crippen LogP contribution in [0, 0.1) is 0 Å². The molecule has 18 heavy (non-hydrogen) atoms.